The van der Waals surface area contributed by atoms with Gasteiger partial charge >= 0.3 is 0 Å². The number of carbonyl (C=O) groups excluding carboxylic acids is 1. The molecule has 1 amide bonds. The molecule has 0 aliphatic carbocycles. The number of anilines is 2. The summed E-state index contributed by atoms with van der Waals surface area (Å²) >= 11 is 0. The number of nitrogens with zero attached hydrogens (tertiary/aromatic N) is 2. The third-order valence-electron chi connectivity index (χ3n) is 3.35. The molecule has 1 heterocycles. The van der Waals surface area contributed by atoms with Crippen molar-refractivity contribution >= 4 is 17.4 Å². The standard InChI is InChI=1S/C17H22N4O/c1-4-5-8-18-17(22)15-10-20-16(11-19-15)21-14-7-6-12(2)9-13(14)3/h6-7,9-11H,4-5,8H2,1-3H3,(H,18,22)(H,20,21). The zero-order valence-corrected chi connectivity index (χ0v) is 13.3. The van der Waals surface area contributed by atoms with E-state index < -0.39 is 0 Å². The smallest absolute Gasteiger partial charge is 0.271 e. The molecule has 0 fully saturated rings. The molecule has 0 saturated carbocycles. The Hall–Kier alpha value is -2.43. The first-order valence-corrected chi connectivity index (χ1v) is 7.54. The molecule has 1 aromatic carbocycles. The van der Waals surface area contributed by atoms with Crippen LogP contribution in [0.4, 0.5) is 11.5 Å². The van der Waals surface area contributed by atoms with Gasteiger partial charge < -0.3 is 10.6 Å². The molecule has 0 spiro atoms. The van der Waals surface area contributed by atoms with Crippen molar-refractivity contribution in [3.05, 3.63) is 47.4 Å². The predicted molar refractivity (Wildman–Crippen MR) is 88.5 cm³/mol. The summed E-state index contributed by atoms with van der Waals surface area (Å²) in [6.07, 6.45) is 5.08. The molecular formula is C17H22N4O. The summed E-state index contributed by atoms with van der Waals surface area (Å²) in [5.41, 5.74) is 3.68. The Bertz CT molecular complexity index is 638. The number of nitrogens with one attached hydrogen (secondary N) is 2. The second-order valence-corrected chi connectivity index (χ2v) is 5.34. The number of aromatic nitrogens is 2. The highest BCUT2D eigenvalue weighted by molar-refractivity contribution is 5.92. The monoisotopic (exact) mass is 298 g/mol. The van der Waals surface area contributed by atoms with Gasteiger partial charge in [0.1, 0.15) is 11.5 Å². The average Bonchev–Trinajstić information content (AvgIpc) is 2.51. The Morgan fingerprint density at radius 2 is 2.00 bits per heavy atom. The van der Waals surface area contributed by atoms with Crippen LogP contribution >= 0.6 is 0 Å². The summed E-state index contributed by atoms with van der Waals surface area (Å²) in [6, 6.07) is 6.15. The molecule has 5 nitrogen and oxygen atoms in total. The summed E-state index contributed by atoms with van der Waals surface area (Å²) in [5.74, 6) is 0.441. The fourth-order valence-electron chi connectivity index (χ4n) is 2.07. The lowest BCUT2D eigenvalue weighted by atomic mass is 10.1. The molecule has 0 aliphatic rings. The highest BCUT2D eigenvalue weighted by Crippen LogP contribution is 2.19. The molecule has 22 heavy (non-hydrogen) atoms. The molecule has 2 aromatic rings. The van der Waals surface area contributed by atoms with Crippen LogP contribution in [0.2, 0.25) is 0 Å². The van der Waals surface area contributed by atoms with E-state index in [1.807, 2.05) is 19.1 Å². The fourth-order valence-corrected chi connectivity index (χ4v) is 2.07. The van der Waals surface area contributed by atoms with E-state index in [0.717, 1.165) is 24.1 Å². The molecule has 0 radical (unpaired) electrons. The van der Waals surface area contributed by atoms with Gasteiger partial charge in [-0.25, -0.2) is 9.97 Å². The molecule has 0 bridgehead atoms. The highest BCUT2D eigenvalue weighted by atomic mass is 16.1. The minimum Gasteiger partial charge on any atom is -0.351 e. The maximum atomic E-state index is 11.8. The summed E-state index contributed by atoms with van der Waals surface area (Å²) < 4.78 is 0. The van der Waals surface area contributed by atoms with Crippen molar-refractivity contribution in [1.82, 2.24) is 15.3 Å². The van der Waals surface area contributed by atoms with Crippen LogP contribution in [0.25, 0.3) is 0 Å². The molecule has 2 rings (SSSR count). The molecule has 0 atom stereocenters. The zero-order chi connectivity index (χ0) is 15.9. The van der Waals surface area contributed by atoms with Crippen LogP contribution in [-0.2, 0) is 0 Å². The average molecular weight is 298 g/mol. The molecule has 0 unspecified atom stereocenters. The lowest BCUT2D eigenvalue weighted by molar-refractivity contribution is 0.0948. The number of carbonyl (C=O) groups is 1. The Labute approximate surface area is 131 Å². The van der Waals surface area contributed by atoms with Crippen molar-refractivity contribution < 1.29 is 4.79 Å². The lowest BCUT2D eigenvalue weighted by Crippen LogP contribution is -2.25. The van der Waals surface area contributed by atoms with Crippen LogP contribution in [0.1, 0.15) is 41.4 Å². The molecule has 2 N–H and O–H groups in total. The normalized spacial score (nSPS) is 10.3. The fraction of sp³-hybridized carbons (Fsp3) is 0.353. The molecular weight excluding hydrogens is 276 g/mol. The van der Waals surface area contributed by atoms with E-state index >= 15 is 0 Å². The molecule has 1 aromatic heterocycles. The van der Waals surface area contributed by atoms with Gasteiger partial charge in [0.05, 0.1) is 12.4 Å². The first-order valence-electron chi connectivity index (χ1n) is 7.54. The highest BCUT2D eigenvalue weighted by Gasteiger charge is 2.07. The minimum atomic E-state index is -0.181. The Balaban J connectivity index is 2.01. The van der Waals surface area contributed by atoms with E-state index in [1.165, 1.54) is 11.8 Å². The second-order valence-electron chi connectivity index (χ2n) is 5.34. The Kier molecular flexibility index (Phi) is 5.47. The van der Waals surface area contributed by atoms with Crippen LogP contribution in [0.3, 0.4) is 0 Å². The van der Waals surface area contributed by atoms with Crippen molar-refractivity contribution in [2.45, 2.75) is 33.6 Å². The van der Waals surface area contributed by atoms with Crippen molar-refractivity contribution in [3.63, 3.8) is 0 Å². The number of hydrogen-bond donors (Lipinski definition) is 2. The molecule has 116 valence electrons. The summed E-state index contributed by atoms with van der Waals surface area (Å²) in [6.45, 7) is 6.85. The molecule has 0 saturated heterocycles. The van der Waals surface area contributed by atoms with Gasteiger partial charge in [-0.1, -0.05) is 31.0 Å². The zero-order valence-electron chi connectivity index (χ0n) is 13.3. The topological polar surface area (TPSA) is 66.9 Å². The Morgan fingerprint density at radius 1 is 1.18 bits per heavy atom. The van der Waals surface area contributed by atoms with Crippen LogP contribution in [-0.4, -0.2) is 22.4 Å². The van der Waals surface area contributed by atoms with Crippen molar-refractivity contribution in [1.29, 1.82) is 0 Å². The summed E-state index contributed by atoms with van der Waals surface area (Å²) in [7, 11) is 0. The van der Waals surface area contributed by atoms with E-state index in [2.05, 4.69) is 40.5 Å². The second kappa shape index (κ2) is 7.54. The largest absolute Gasteiger partial charge is 0.351 e. The maximum absolute atomic E-state index is 11.8. The molecule has 5 heteroatoms. The van der Waals surface area contributed by atoms with Crippen molar-refractivity contribution in [2.24, 2.45) is 0 Å². The van der Waals surface area contributed by atoms with Crippen molar-refractivity contribution in [3.8, 4) is 0 Å². The van der Waals surface area contributed by atoms with Gasteiger partial charge in [-0.3, -0.25) is 4.79 Å². The lowest BCUT2D eigenvalue weighted by Gasteiger charge is -2.09. The van der Waals surface area contributed by atoms with Crippen LogP contribution < -0.4 is 10.6 Å². The maximum Gasteiger partial charge on any atom is 0.271 e. The first-order chi connectivity index (χ1) is 10.6. The number of rotatable bonds is 6. The third-order valence-corrected chi connectivity index (χ3v) is 3.35. The van der Waals surface area contributed by atoms with Gasteiger partial charge in [-0.15, -0.1) is 0 Å². The number of unbranched alkanes of at least 4 members (excludes halogenated alkanes) is 1. The van der Waals surface area contributed by atoms with E-state index in [1.54, 1.807) is 6.20 Å². The minimum absolute atomic E-state index is 0.181. The summed E-state index contributed by atoms with van der Waals surface area (Å²) in [4.78, 5) is 20.3. The van der Waals surface area contributed by atoms with Gasteiger partial charge in [-0.05, 0) is 31.9 Å². The van der Waals surface area contributed by atoms with Crippen LogP contribution in [0, 0.1) is 13.8 Å². The van der Waals surface area contributed by atoms with E-state index in [-0.39, 0.29) is 5.91 Å². The van der Waals surface area contributed by atoms with E-state index in [4.69, 9.17) is 0 Å². The van der Waals surface area contributed by atoms with Gasteiger partial charge in [0.15, 0.2) is 0 Å². The quantitative estimate of drug-likeness (QED) is 0.802. The first kappa shape index (κ1) is 15.9. The van der Waals surface area contributed by atoms with Crippen LogP contribution in [0.15, 0.2) is 30.6 Å². The van der Waals surface area contributed by atoms with Crippen LogP contribution in [0.5, 0.6) is 0 Å². The van der Waals surface area contributed by atoms with Gasteiger partial charge in [-0.2, -0.15) is 0 Å². The van der Waals surface area contributed by atoms with Gasteiger partial charge in [0.2, 0.25) is 0 Å². The number of benzene rings is 1. The van der Waals surface area contributed by atoms with Crippen molar-refractivity contribution in [2.75, 3.05) is 11.9 Å². The Morgan fingerprint density at radius 3 is 2.64 bits per heavy atom. The number of amides is 1. The summed E-state index contributed by atoms with van der Waals surface area (Å²) in [5, 5.41) is 6.04. The SMILES string of the molecule is CCCCNC(=O)c1cnc(Nc2ccc(C)cc2C)cn1. The van der Waals surface area contributed by atoms with E-state index in [0.29, 0.717) is 18.1 Å². The van der Waals surface area contributed by atoms with E-state index in [9.17, 15) is 4.79 Å². The predicted octanol–water partition coefficient (Wildman–Crippen LogP) is 3.37. The van der Waals surface area contributed by atoms with Gasteiger partial charge in [0.25, 0.3) is 5.91 Å². The third kappa shape index (κ3) is 4.28. The molecule has 0 aliphatic heterocycles. The number of hydrogen-bond acceptors (Lipinski definition) is 4. The van der Waals surface area contributed by atoms with Gasteiger partial charge in [0, 0.05) is 12.2 Å². The number of aryl methyl sites for hydroxylation is 2.